The molecule has 0 aliphatic heterocycles. The van der Waals surface area contributed by atoms with E-state index in [2.05, 4.69) is 15.3 Å². The van der Waals surface area contributed by atoms with Gasteiger partial charge in [-0.2, -0.15) is 0 Å². The number of aromatic nitrogens is 2. The zero-order chi connectivity index (χ0) is 15.5. The Morgan fingerprint density at radius 2 is 2.14 bits per heavy atom. The van der Waals surface area contributed by atoms with E-state index in [4.69, 9.17) is 0 Å². The lowest BCUT2D eigenvalue weighted by atomic mass is 9.95. The minimum Gasteiger partial charge on any atom is -0.383 e. The zero-order valence-electron chi connectivity index (χ0n) is 11.2. The van der Waals surface area contributed by atoms with Gasteiger partial charge in [-0.1, -0.05) is 6.07 Å². The number of hydrogen-bond donors (Lipinski definition) is 2. The Kier molecular flexibility index (Phi) is 4.23. The van der Waals surface area contributed by atoms with Gasteiger partial charge in [0, 0.05) is 24.0 Å². The number of nitrogens with zero attached hydrogens (tertiary/aromatic N) is 2. The highest BCUT2D eigenvalue weighted by molar-refractivity contribution is 5.91. The van der Waals surface area contributed by atoms with Crippen molar-refractivity contribution in [3.05, 3.63) is 59.7 Å². The van der Waals surface area contributed by atoms with Crippen LogP contribution in [0.5, 0.6) is 0 Å². The molecule has 2 rings (SSSR count). The summed E-state index contributed by atoms with van der Waals surface area (Å²) in [6.45, 7) is 1.06. The molecule has 1 amide bonds. The van der Waals surface area contributed by atoms with Gasteiger partial charge >= 0.3 is 0 Å². The first-order valence-electron chi connectivity index (χ1n) is 6.12. The number of aliphatic hydroxyl groups is 1. The predicted octanol–water partition coefficient (Wildman–Crippen LogP) is 1.39. The molecule has 1 aromatic heterocycles. The standard InChI is InChI=1S/C14H13F2N3O2/c1-14(21,10-3-2-9(15)6-11(10)16)8-19-13(20)12-7-17-4-5-18-12/h2-7,21H,8H2,1H3,(H,19,20). The quantitative estimate of drug-likeness (QED) is 0.893. The van der Waals surface area contributed by atoms with Crippen LogP contribution in [0.1, 0.15) is 23.0 Å². The lowest BCUT2D eigenvalue weighted by Gasteiger charge is -2.24. The molecular weight excluding hydrogens is 280 g/mol. The number of amides is 1. The van der Waals surface area contributed by atoms with Crippen molar-refractivity contribution in [2.24, 2.45) is 0 Å². The second kappa shape index (κ2) is 5.92. The molecule has 0 saturated carbocycles. The van der Waals surface area contributed by atoms with Gasteiger partial charge in [0.1, 0.15) is 22.9 Å². The number of halogens is 2. The Hall–Kier alpha value is -2.41. The summed E-state index contributed by atoms with van der Waals surface area (Å²) in [5.74, 6) is -2.17. The average Bonchev–Trinajstić information content (AvgIpc) is 2.45. The maximum atomic E-state index is 13.7. The number of hydrogen-bond acceptors (Lipinski definition) is 4. The van der Waals surface area contributed by atoms with Gasteiger partial charge in [-0.05, 0) is 13.0 Å². The Morgan fingerprint density at radius 3 is 2.76 bits per heavy atom. The summed E-state index contributed by atoms with van der Waals surface area (Å²) >= 11 is 0. The van der Waals surface area contributed by atoms with E-state index in [1.807, 2.05) is 0 Å². The van der Waals surface area contributed by atoms with Gasteiger partial charge in [-0.15, -0.1) is 0 Å². The van der Waals surface area contributed by atoms with Crippen LogP contribution in [0.2, 0.25) is 0 Å². The van der Waals surface area contributed by atoms with Crippen molar-refractivity contribution in [1.82, 2.24) is 15.3 Å². The summed E-state index contributed by atoms with van der Waals surface area (Å²) in [7, 11) is 0. The first-order valence-corrected chi connectivity index (χ1v) is 6.12. The molecule has 0 radical (unpaired) electrons. The largest absolute Gasteiger partial charge is 0.383 e. The molecule has 7 heteroatoms. The Labute approximate surface area is 119 Å². The fourth-order valence-electron chi connectivity index (χ4n) is 1.78. The smallest absolute Gasteiger partial charge is 0.271 e. The molecule has 1 aromatic carbocycles. The van der Waals surface area contributed by atoms with Crippen molar-refractivity contribution in [3.8, 4) is 0 Å². The second-order valence-electron chi connectivity index (χ2n) is 4.67. The van der Waals surface area contributed by atoms with Crippen molar-refractivity contribution in [2.45, 2.75) is 12.5 Å². The molecule has 1 atom stereocenters. The molecule has 0 aliphatic rings. The molecular formula is C14H13F2N3O2. The van der Waals surface area contributed by atoms with E-state index < -0.39 is 23.1 Å². The van der Waals surface area contributed by atoms with E-state index in [1.165, 1.54) is 25.5 Å². The van der Waals surface area contributed by atoms with Gasteiger partial charge in [0.25, 0.3) is 5.91 Å². The highest BCUT2D eigenvalue weighted by Crippen LogP contribution is 2.23. The van der Waals surface area contributed by atoms with Crippen LogP contribution in [-0.4, -0.2) is 27.5 Å². The summed E-state index contributed by atoms with van der Waals surface area (Å²) in [6.07, 6.45) is 4.04. The van der Waals surface area contributed by atoms with E-state index in [-0.39, 0.29) is 17.8 Å². The predicted molar refractivity (Wildman–Crippen MR) is 70.3 cm³/mol. The molecule has 21 heavy (non-hydrogen) atoms. The van der Waals surface area contributed by atoms with Crippen LogP contribution >= 0.6 is 0 Å². The molecule has 2 N–H and O–H groups in total. The van der Waals surface area contributed by atoms with Crippen molar-refractivity contribution >= 4 is 5.91 Å². The molecule has 0 aliphatic carbocycles. The molecule has 2 aromatic rings. The highest BCUT2D eigenvalue weighted by atomic mass is 19.1. The Bertz CT molecular complexity index is 648. The fourth-order valence-corrected chi connectivity index (χ4v) is 1.78. The summed E-state index contributed by atoms with van der Waals surface area (Å²) in [5, 5.41) is 12.7. The van der Waals surface area contributed by atoms with Gasteiger partial charge in [0.2, 0.25) is 0 Å². The minimum absolute atomic E-state index is 0.0767. The van der Waals surface area contributed by atoms with E-state index in [0.29, 0.717) is 6.07 Å². The number of rotatable bonds is 4. The zero-order valence-corrected chi connectivity index (χ0v) is 11.2. The van der Waals surface area contributed by atoms with Crippen molar-refractivity contribution in [3.63, 3.8) is 0 Å². The average molecular weight is 293 g/mol. The third-order valence-electron chi connectivity index (χ3n) is 2.90. The molecule has 5 nitrogen and oxygen atoms in total. The van der Waals surface area contributed by atoms with Crippen molar-refractivity contribution < 1.29 is 18.7 Å². The normalized spacial score (nSPS) is 13.5. The minimum atomic E-state index is -1.68. The van der Waals surface area contributed by atoms with Gasteiger partial charge < -0.3 is 10.4 Å². The Morgan fingerprint density at radius 1 is 1.38 bits per heavy atom. The molecule has 1 unspecified atom stereocenters. The molecule has 0 bridgehead atoms. The summed E-state index contributed by atoms with van der Waals surface area (Å²) in [4.78, 5) is 19.3. The Balaban J connectivity index is 2.09. The van der Waals surface area contributed by atoms with E-state index in [1.54, 1.807) is 0 Å². The van der Waals surface area contributed by atoms with Crippen molar-refractivity contribution in [2.75, 3.05) is 6.54 Å². The van der Waals surface area contributed by atoms with E-state index in [9.17, 15) is 18.7 Å². The molecule has 110 valence electrons. The number of carbonyl (C=O) groups excluding carboxylic acids is 1. The highest BCUT2D eigenvalue weighted by Gasteiger charge is 2.27. The lowest BCUT2D eigenvalue weighted by molar-refractivity contribution is 0.0493. The van der Waals surface area contributed by atoms with Gasteiger partial charge in [0.05, 0.1) is 12.7 Å². The molecule has 1 heterocycles. The molecule has 0 saturated heterocycles. The van der Waals surface area contributed by atoms with Crippen molar-refractivity contribution in [1.29, 1.82) is 0 Å². The van der Waals surface area contributed by atoms with E-state index >= 15 is 0 Å². The van der Waals surface area contributed by atoms with Crippen LogP contribution in [-0.2, 0) is 5.60 Å². The molecule has 0 spiro atoms. The third kappa shape index (κ3) is 3.57. The first-order chi connectivity index (χ1) is 9.90. The van der Waals surface area contributed by atoms with Gasteiger partial charge in [0.15, 0.2) is 0 Å². The van der Waals surface area contributed by atoms with E-state index in [0.717, 1.165) is 12.1 Å². The number of benzene rings is 1. The summed E-state index contributed by atoms with van der Waals surface area (Å²) < 4.78 is 26.5. The second-order valence-corrected chi connectivity index (χ2v) is 4.67. The van der Waals surface area contributed by atoms with Crippen LogP contribution in [0.25, 0.3) is 0 Å². The number of carbonyl (C=O) groups is 1. The topological polar surface area (TPSA) is 75.1 Å². The monoisotopic (exact) mass is 293 g/mol. The van der Waals surface area contributed by atoms with Crippen LogP contribution in [0, 0.1) is 11.6 Å². The SMILES string of the molecule is CC(O)(CNC(=O)c1cnccn1)c1ccc(F)cc1F. The fraction of sp³-hybridized carbons (Fsp3) is 0.214. The van der Waals surface area contributed by atoms with Crippen LogP contribution < -0.4 is 5.32 Å². The number of nitrogens with one attached hydrogen (secondary N) is 1. The lowest BCUT2D eigenvalue weighted by Crippen LogP contribution is -2.39. The maximum absolute atomic E-state index is 13.7. The summed E-state index contributed by atoms with van der Waals surface area (Å²) in [6, 6.07) is 2.85. The third-order valence-corrected chi connectivity index (χ3v) is 2.90. The summed E-state index contributed by atoms with van der Waals surface area (Å²) in [5.41, 5.74) is -1.72. The molecule has 0 fully saturated rings. The van der Waals surface area contributed by atoms with Crippen LogP contribution in [0.15, 0.2) is 36.8 Å². The maximum Gasteiger partial charge on any atom is 0.271 e. The van der Waals surface area contributed by atoms with Crippen LogP contribution in [0.4, 0.5) is 8.78 Å². The first kappa shape index (κ1) is 15.0. The van der Waals surface area contributed by atoms with Gasteiger partial charge in [-0.3, -0.25) is 9.78 Å². The van der Waals surface area contributed by atoms with Crippen LogP contribution in [0.3, 0.4) is 0 Å². The van der Waals surface area contributed by atoms with Gasteiger partial charge in [-0.25, -0.2) is 13.8 Å².